The van der Waals surface area contributed by atoms with Gasteiger partial charge >= 0.3 is 6.18 Å². The predicted molar refractivity (Wildman–Crippen MR) is 70.9 cm³/mol. The van der Waals surface area contributed by atoms with Crippen LogP contribution in [0.5, 0.6) is 0 Å². The number of rotatable bonds is 3. The van der Waals surface area contributed by atoms with E-state index in [2.05, 4.69) is 0 Å². The first-order valence-corrected chi connectivity index (χ1v) is 6.29. The van der Waals surface area contributed by atoms with E-state index < -0.39 is 28.9 Å². The third kappa shape index (κ3) is 3.82. The Balaban J connectivity index is 2.34. The molecule has 2 aromatic carbocycles. The average molecular weight is 317 g/mol. The Morgan fingerprint density at radius 1 is 1.05 bits per heavy atom. The van der Waals surface area contributed by atoms with E-state index in [0.29, 0.717) is 28.8 Å². The molecule has 0 N–H and O–H groups in total. The van der Waals surface area contributed by atoms with Crippen molar-refractivity contribution < 1.29 is 22.4 Å². The zero-order valence-electron chi connectivity index (χ0n) is 10.5. The van der Waals surface area contributed by atoms with Gasteiger partial charge in [0.1, 0.15) is 5.82 Å². The third-order valence-electron chi connectivity index (χ3n) is 2.87. The first-order chi connectivity index (χ1) is 9.77. The molecule has 0 unspecified atom stereocenters. The van der Waals surface area contributed by atoms with E-state index in [1.165, 1.54) is 24.3 Å². The van der Waals surface area contributed by atoms with E-state index in [1.54, 1.807) is 0 Å². The van der Waals surface area contributed by atoms with Gasteiger partial charge in [0.25, 0.3) is 0 Å². The van der Waals surface area contributed by atoms with Crippen molar-refractivity contribution in [2.75, 3.05) is 0 Å². The highest BCUT2D eigenvalue weighted by Crippen LogP contribution is 2.33. The number of Topliss-reactive ketones (excluding diaryl/α,β-unsaturated/α-hetero) is 1. The second-order valence-electron chi connectivity index (χ2n) is 4.41. The second kappa shape index (κ2) is 5.85. The summed E-state index contributed by atoms with van der Waals surface area (Å²) in [4.78, 5) is 12.0. The summed E-state index contributed by atoms with van der Waals surface area (Å²) in [6.07, 6.45) is -4.97. The minimum absolute atomic E-state index is 0.260. The van der Waals surface area contributed by atoms with Crippen LogP contribution in [0, 0.1) is 5.82 Å². The molecule has 0 saturated carbocycles. The SMILES string of the molecule is O=C(Cc1ccc(Cl)cc1)c1cc(F)ccc1C(F)(F)F. The summed E-state index contributed by atoms with van der Waals surface area (Å²) in [6.45, 7) is 0. The Kier molecular flexibility index (Phi) is 4.32. The van der Waals surface area contributed by atoms with Gasteiger partial charge in [-0.1, -0.05) is 23.7 Å². The van der Waals surface area contributed by atoms with E-state index in [9.17, 15) is 22.4 Å². The van der Waals surface area contributed by atoms with Crippen LogP contribution < -0.4 is 0 Å². The first kappa shape index (κ1) is 15.5. The van der Waals surface area contributed by atoms with Gasteiger partial charge in [-0.3, -0.25) is 4.79 Å². The molecule has 21 heavy (non-hydrogen) atoms. The zero-order valence-corrected chi connectivity index (χ0v) is 11.3. The van der Waals surface area contributed by atoms with Crippen LogP contribution in [0.3, 0.4) is 0 Å². The van der Waals surface area contributed by atoms with Crippen LogP contribution >= 0.6 is 11.6 Å². The highest BCUT2D eigenvalue weighted by molar-refractivity contribution is 6.30. The fraction of sp³-hybridized carbons (Fsp3) is 0.133. The van der Waals surface area contributed by atoms with Crippen LogP contribution in [0.15, 0.2) is 42.5 Å². The van der Waals surface area contributed by atoms with Crippen LogP contribution in [0.25, 0.3) is 0 Å². The fourth-order valence-corrected chi connectivity index (χ4v) is 2.00. The van der Waals surface area contributed by atoms with E-state index in [-0.39, 0.29) is 6.42 Å². The Labute approximate surface area is 123 Å². The molecule has 2 rings (SSSR count). The summed E-state index contributed by atoms with van der Waals surface area (Å²) in [5.41, 5.74) is -1.30. The highest BCUT2D eigenvalue weighted by Gasteiger charge is 2.35. The lowest BCUT2D eigenvalue weighted by Crippen LogP contribution is -2.15. The van der Waals surface area contributed by atoms with Gasteiger partial charge in [-0.05, 0) is 35.9 Å². The smallest absolute Gasteiger partial charge is 0.294 e. The molecule has 0 amide bonds. The second-order valence-corrected chi connectivity index (χ2v) is 4.85. The van der Waals surface area contributed by atoms with E-state index in [0.717, 1.165) is 0 Å². The lowest BCUT2D eigenvalue weighted by atomic mass is 9.98. The molecule has 0 bridgehead atoms. The van der Waals surface area contributed by atoms with Crippen LogP contribution in [0.4, 0.5) is 17.6 Å². The van der Waals surface area contributed by atoms with Crippen molar-refractivity contribution in [3.63, 3.8) is 0 Å². The number of ketones is 1. The van der Waals surface area contributed by atoms with Crippen LogP contribution in [-0.2, 0) is 12.6 Å². The summed E-state index contributed by atoms with van der Waals surface area (Å²) in [7, 11) is 0. The van der Waals surface area contributed by atoms with Gasteiger partial charge in [0.05, 0.1) is 5.56 Å². The molecule has 0 spiro atoms. The Morgan fingerprint density at radius 2 is 1.67 bits per heavy atom. The number of carbonyl (C=O) groups is 1. The van der Waals surface area contributed by atoms with E-state index in [1.807, 2.05) is 0 Å². The van der Waals surface area contributed by atoms with E-state index >= 15 is 0 Å². The number of halogens is 5. The van der Waals surface area contributed by atoms with Crippen molar-refractivity contribution in [1.29, 1.82) is 0 Å². The van der Waals surface area contributed by atoms with Gasteiger partial charge in [-0.25, -0.2) is 4.39 Å². The maximum atomic E-state index is 13.2. The Morgan fingerprint density at radius 3 is 2.24 bits per heavy atom. The molecular formula is C15H9ClF4O. The summed E-state index contributed by atoms with van der Waals surface area (Å²) < 4.78 is 51.7. The van der Waals surface area contributed by atoms with Crippen LogP contribution in [0.1, 0.15) is 21.5 Å². The molecule has 0 saturated heterocycles. The molecule has 6 heteroatoms. The average Bonchev–Trinajstić information content (AvgIpc) is 2.40. The number of benzene rings is 2. The summed E-state index contributed by atoms with van der Waals surface area (Å²) in [5, 5.41) is 0.452. The quantitative estimate of drug-likeness (QED) is 0.580. The molecular weight excluding hydrogens is 308 g/mol. The molecule has 0 atom stereocenters. The van der Waals surface area contributed by atoms with Crippen molar-refractivity contribution in [2.24, 2.45) is 0 Å². The van der Waals surface area contributed by atoms with Crippen molar-refractivity contribution in [2.45, 2.75) is 12.6 Å². The van der Waals surface area contributed by atoms with Crippen LogP contribution in [-0.4, -0.2) is 5.78 Å². The molecule has 2 aromatic rings. The van der Waals surface area contributed by atoms with Crippen molar-refractivity contribution in [3.05, 3.63) is 70.0 Å². The summed E-state index contributed by atoms with van der Waals surface area (Å²) in [6, 6.07) is 7.99. The van der Waals surface area contributed by atoms with Crippen molar-refractivity contribution >= 4 is 17.4 Å². The largest absolute Gasteiger partial charge is 0.417 e. The lowest BCUT2D eigenvalue weighted by Gasteiger charge is -2.12. The number of hydrogen-bond acceptors (Lipinski definition) is 1. The molecule has 0 aliphatic rings. The summed E-state index contributed by atoms with van der Waals surface area (Å²) in [5.74, 6) is -1.69. The van der Waals surface area contributed by atoms with Gasteiger partial charge in [-0.15, -0.1) is 0 Å². The molecule has 0 aromatic heterocycles. The monoisotopic (exact) mass is 316 g/mol. The predicted octanol–water partition coefficient (Wildman–Crippen LogP) is 4.92. The normalized spacial score (nSPS) is 11.5. The Bertz CT molecular complexity index is 662. The number of alkyl halides is 3. The molecule has 0 fully saturated rings. The zero-order chi connectivity index (χ0) is 15.6. The number of hydrogen-bond donors (Lipinski definition) is 0. The van der Waals surface area contributed by atoms with Crippen molar-refractivity contribution in [3.8, 4) is 0 Å². The standard InChI is InChI=1S/C15H9ClF4O/c16-10-3-1-9(2-4-10)7-14(21)12-8-11(17)5-6-13(12)15(18,19)20/h1-6,8H,7H2. The lowest BCUT2D eigenvalue weighted by molar-refractivity contribution is -0.137. The minimum Gasteiger partial charge on any atom is -0.294 e. The highest BCUT2D eigenvalue weighted by atomic mass is 35.5. The summed E-state index contributed by atoms with van der Waals surface area (Å²) >= 11 is 5.69. The topological polar surface area (TPSA) is 17.1 Å². The van der Waals surface area contributed by atoms with Gasteiger partial charge in [0, 0.05) is 17.0 Å². The van der Waals surface area contributed by atoms with E-state index in [4.69, 9.17) is 11.6 Å². The van der Waals surface area contributed by atoms with Gasteiger partial charge in [0.2, 0.25) is 0 Å². The van der Waals surface area contributed by atoms with Gasteiger partial charge in [-0.2, -0.15) is 13.2 Å². The molecule has 0 radical (unpaired) electrons. The minimum atomic E-state index is -4.71. The molecule has 1 nitrogen and oxygen atoms in total. The molecule has 0 aliphatic heterocycles. The molecule has 110 valence electrons. The molecule has 0 aliphatic carbocycles. The van der Waals surface area contributed by atoms with Gasteiger partial charge < -0.3 is 0 Å². The van der Waals surface area contributed by atoms with Gasteiger partial charge in [0.15, 0.2) is 5.78 Å². The maximum absolute atomic E-state index is 13.2. The van der Waals surface area contributed by atoms with Crippen molar-refractivity contribution in [1.82, 2.24) is 0 Å². The number of carbonyl (C=O) groups excluding carboxylic acids is 1. The fourth-order valence-electron chi connectivity index (χ4n) is 1.88. The van der Waals surface area contributed by atoms with Crippen LogP contribution in [0.2, 0.25) is 5.02 Å². The Hall–Kier alpha value is -1.88. The first-order valence-electron chi connectivity index (χ1n) is 5.92. The maximum Gasteiger partial charge on any atom is 0.417 e. The molecule has 0 heterocycles. The third-order valence-corrected chi connectivity index (χ3v) is 3.12.